The van der Waals surface area contributed by atoms with Crippen molar-refractivity contribution in [3.63, 3.8) is 0 Å². The van der Waals surface area contributed by atoms with Gasteiger partial charge in [0.2, 0.25) is 4.96 Å². The maximum atomic E-state index is 13.0. The van der Waals surface area contributed by atoms with E-state index in [1.165, 1.54) is 34.1 Å². The standard InChI is InChI=1S/C16H17FN4OS/c1-10-8-15(22)21-16(18-10)23-14(19-21)9-20(3)11(2)12-4-6-13(17)7-5-12/h4-8,11H,9H2,1-3H3/t11-/m0/s1. The minimum Gasteiger partial charge on any atom is -0.293 e. The van der Waals surface area contributed by atoms with Gasteiger partial charge < -0.3 is 0 Å². The van der Waals surface area contributed by atoms with Gasteiger partial charge in [0.1, 0.15) is 10.8 Å². The fourth-order valence-corrected chi connectivity index (χ4v) is 3.38. The molecule has 0 aliphatic heterocycles. The summed E-state index contributed by atoms with van der Waals surface area (Å²) in [6.07, 6.45) is 0. The van der Waals surface area contributed by atoms with E-state index in [0.717, 1.165) is 10.6 Å². The summed E-state index contributed by atoms with van der Waals surface area (Å²) in [4.78, 5) is 18.9. The Bertz CT molecular complexity index is 887. The zero-order valence-electron chi connectivity index (χ0n) is 13.2. The molecule has 0 unspecified atom stereocenters. The van der Waals surface area contributed by atoms with Crippen molar-refractivity contribution in [3.8, 4) is 0 Å². The first kappa shape index (κ1) is 15.8. The van der Waals surface area contributed by atoms with Gasteiger partial charge in [-0.05, 0) is 38.6 Å². The Morgan fingerprint density at radius 1 is 1.35 bits per heavy atom. The van der Waals surface area contributed by atoms with Crippen molar-refractivity contribution >= 4 is 16.3 Å². The van der Waals surface area contributed by atoms with E-state index in [9.17, 15) is 9.18 Å². The van der Waals surface area contributed by atoms with E-state index in [2.05, 4.69) is 21.9 Å². The molecule has 0 fully saturated rings. The first-order valence-corrected chi connectivity index (χ1v) is 8.08. The molecule has 23 heavy (non-hydrogen) atoms. The molecule has 2 aromatic heterocycles. The molecule has 0 bridgehead atoms. The maximum absolute atomic E-state index is 13.0. The van der Waals surface area contributed by atoms with Gasteiger partial charge in [-0.15, -0.1) is 0 Å². The average Bonchev–Trinajstić information content (AvgIpc) is 2.90. The highest BCUT2D eigenvalue weighted by Crippen LogP contribution is 2.22. The van der Waals surface area contributed by atoms with Crippen LogP contribution in [0.3, 0.4) is 0 Å². The van der Waals surface area contributed by atoms with Crippen molar-refractivity contribution in [1.29, 1.82) is 0 Å². The van der Waals surface area contributed by atoms with E-state index in [-0.39, 0.29) is 17.4 Å². The molecule has 1 aromatic carbocycles. The van der Waals surface area contributed by atoms with Crippen LogP contribution in [0.5, 0.6) is 0 Å². The molecule has 0 saturated carbocycles. The number of aryl methyl sites for hydroxylation is 1. The number of fused-ring (bicyclic) bond motifs is 1. The topological polar surface area (TPSA) is 50.5 Å². The second-order valence-electron chi connectivity index (χ2n) is 5.57. The highest BCUT2D eigenvalue weighted by Gasteiger charge is 2.15. The fourth-order valence-electron chi connectivity index (χ4n) is 2.37. The highest BCUT2D eigenvalue weighted by molar-refractivity contribution is 7.16. The second kappa shape index (κ2) is 6.17. The Labute approximate surface area is 137 Å². The van der Waals surface area contributed by atoms with Crippen LogP contribution in [0.15, 0.2) is 35.1 Å². The number of rotatable bonds is 4. The normalized spacial score (nSPS) is 12.9. The molecule has 0 radical (unpaired) electrons. The Hall–Kier alpha value is -2.12. The molecule has 5 nitrogen and oxygen atoms in total. The van der Waals surface area contributed by atoms with Gasteiger partial charge in [0, 0.05) is 17.8 Å². The Morgan fingerprint density at radius 3 is 2.74 bits per heavy atom. The third-order valence-corrected chi connectivity index (χ3v) is 4.71. The van der Waals surface area contributed by atoms with Gasteiger partial charge in [0.05, 0.1) is 6.54 Å². The van der Waals surface area contributed by atoms with E-state index >= 15 is 0 Å². The van der Waals surface area contributed by atoms with E-state index in [1.807, 2.05) is 7.05 Å². The summed E-state index contributed by atoms with van der Waals surface area (Å²) in [7, 11) is 1.97. The van der Waals surface area contributed by atoms with Crippen LogP contribution in [0.4, 0.5) is 4.39 Å². The number of halogens is 1. The number of aromatic nitrogens is 3. The molecule has 120 valence electrons. The molecule has 0 aliphatic carbocycles. The molecule has 0 spiro atoms. The summed E-state index contributed by atoms with van der Waals surface area (Å²) in [5.74, 6) is -0.240. The van der Waals surface area contributed by atoms with Gasteiger partial charge in [0.15, 0.2) is 0 Å². The molecular formula is C16H17FN4OS. The van der Waals surface area contributed by atoms with Gasteiger partial charge in [-0.1, -0.05) is 23.5 Å². The number of benzene rings is 1. The molecule has 0 amide bonds. The molecule has 0 N–H and O–H groups in total. The summed E-state index contributed by atoms with van der Waals surface area (Å²) in [5, 5.41) is 5.16. The molecule has 0 saturated heterocycles. The van der Waals surface area contributed by atoms with Crippen LogP contribution in [0.25, 0.3) is 4.96 Å². The summed E-state index contributed by atoms with van der Waals surface area (Å²) in [6.45, 7) is 4.43. The van der Waals surface area contributed by atoms with Gasteiger partial charge >= 0.3 is 0 Å². The van der Waals surface area contributed by atoms with Crippen molar-refractivity contribution in [2.24, 2.45) is 0 Å². The minimum atomic E-state index is -0.240. The van der Waals surface area contributed by atoms with Crippen molar-refractivity contribution in [3.05, 3.63) is 62.8 Å². The molecule has 3 aromatic rings. The van der Waals surface area contributed by atoms with Gasteiger partial charge in [-0.3, -0.25) is 9.69 Å². The lowest BCUT2D eigenvalue weighted by Crippen LogP contribution is -2.22. The summed E-state index contributed by atoms with van der Waals surface area (Å²) in [5.41, 5.74) is 1.56. The molecule has 2 heterocycles. The molecule has 7 heteroatoms. The van der Waals surface area contributed by atoms with Crippen molar-refractivity contribution in [2.45, 2.75) is 26.4 Å². The summed E-state index contributed by atoms with van der Waals surface area (Å²) >= 11 is 1.41. The Balaban J connectivity index is 1.82. The Morgan fingerprint density at radius 2 is 2.04 bits per heavy atom. The summed E-state index contributed by atoms with van der Waals surface area (Å²) < 4.78 is 14.4. The first-order chi connectivity index (χ1) is 10.9. The van der Waals surface area contributed by atoms with Crippen molar-refractivity contribution in [1.82, 2.24) is 19.5 Å². The van der Waals surface area contributed by atoms with Crippen LogP contribution in [-0.2, 0) is 6.54 Å². The zero-order chi connectivity index (χ0) is 16.6. The van der Waals surface area contributed by atoms with Gasteiger partial charge in [0.25, 0.3) is 5.56 Å². The quantitative estimate of drug-likeness (QED) is 0.737. The van der Waals surface area contributed by atoms with E-state index in [1.54, 1.807) is 19.1 Å². The lowest BCUT2D eigenvalue weighted by Gasteiger charge is -2.23. The van der Waals surface area contributed by atoms with Crippen LogP contribution in [-0.4, -0.2) is 26.5 Å². The van der Waals surface area contributed by atoms with Crippen LogP contribution in [0.2, 0.25) is 0 Å². The van der Waals surface area contributed by atoms with Crippen molar-refractivity contribution < 1.29 is 4.39 Å². The van der Waals surface area contributed by atoms with Crippen molar-refractivity contribution in [2.75, 3.05) is 7.05 Å². The van der Waals surface area contributed by atoms with Crippen LogP contribution in [0.1, 0.15) is 29.2 Å². The third kappa shape index (κ3) is 3.30. The zero-order valence-corrected chi connectivity index (χ0v) is 14.0. The second-order valence-corrected chi connectivity index (χ2v) is 6.61. The molecule has 0 aliphatic rings. The predicted octanol–water partition coefficient (Wildman–Crippen LogP) is 2.79. The SMILES string of the molecule is Cc1cc(=O)n2nc(CN(C)[C@@H](C)c3ccc(F)cc3)sc2n1. The molecule has 3 rings (SSSR count). The number of nitrogens with zero attached hydrogens (tertiary/aromatic N) is 4. The largest absolute Gasteiger partial charge is 0.293 e. The highest BCUT2D eigenvalue weighted by atomic mass is 32.1. The average molecular weight is 332 g/mol. The minimum absolute atomic E-state index is 0.106. The smallest absolute Gasteiger partial charge is 0.275 e. The first-order valence-electron chi connectivity index (χ1n) is 7.26. The predicted molar refractivity (Wildman–Crippen MR) is 88.2 cm³/mol. The Kier molecular flexibility index (Phi) is 4.23. The number of hydrogen-bond donors (Lipinski definition) is 0. The molecular weight excluding hydrogens is 315 g/mol. The van der Waals surface area contributed by atoms with Crippen LogP contribution in [0, 0.1) is 12.7 Å². The van der Waals surface area contributed by atoms with E-state index in [4.69, 9.17) is 0 Å². The van der Waals surface area contributed by atoms with E-state index in [0.29, 0.717) is 17.2 Å². The van der Waals surface area contributed by atoms with Crippen LogP contribution < -0.4 is 5.56 Å². The molecule has 1 atom stereocenters. The van der Waals surface area contributed by atoms with Gasteiger partial charge in [-0.2, -0.15) is 9.61 Å². The lowest BCUT2D eigenvalue weighted by atomic mass is 10.1. The fraction of sp³-hybridized carbons (Fsp3) is 0.312. The third-order valence-electron chi connectivity index (χ3n) is 3.81. The van der Waals surface area contributed by atoms with Gasteiger partial charge in [-0.25, -0.2) is 9.37 Å². The lowest BCUT2D eigenvalue weighted by molar-refractivity contribution is 0.252. The maximum Gasteiger partial charge on any atom is 0.275 e. The summed E-state index contributed by atoms with van der Waals surface area (Å²) in [6, 6.07) is 8.07. The van der Waals surface area contributed by atoms with Crippen LogP contribution >= 0.6 is 11.3 Å². The van der Waals surface area contributed by atoms with E-state index < -0.39 is 0 Å². The number of hydrogen-bond acceptors (Lipinski definition) is 5. The monoisotopic (exact) mass is 332 g/mol.